The lowest BCUT2D eigenvalue weighted by Crippen LogP contribution is -2.41. The fourth-order valence-corrected chi connectivity index (χ4v) is 2.81. The Morgan fingerprint density at radius 1 is 1.18 bits per heavy atom. The predicted molar refractivity (Wildman–Crippen MR) is 109 cm³/mol. The molecule has 1 aliphatic heterocycles. The highest BCUT2D eigenvalue weighted by Gasteiger charge is 2.33. The fourth-order valence-electron chi connectivity index (χ4n) is 2.57. The molecule has 0 atom stereocenters. The third kappa shape index (κ3) is 8.62. The van der Waals surface area contributed by atoms with Crippen molar-refractivity contribution in [2.75, 3.05) is 36.8 Å². The van der Waals surface area contributed by atoms with Crippen LogP contribution in [0.1, 0.15) is 12.8 Å². The molecule has 1 amide bonds. The maximum absolute atomic E-state index is 12.9. The van der Waals surface area contributed by atoms with Crippen LogP contribution in [0.25, 0.3) is 0 Å². The summed E-state index contributed by atoms with van der Waals surface area (Å²) >= 11 is 3.32. The van der Waals surface area contributed by atoms with Crippen molar-refractivity contribution in [3.05, 3.63) is 53.1 Å². The first kappa shape index (κ1) is 22.0. The summed E-state index contributed by atoms with van der Waals surface area (Å²) in [6.45, 7) is 2.44. The highest BCUT2D eigenvalue weighted by atomic mass is 79.9. The lowest BCUT2D eigenvalue weighted by molar-refractivity contribution is -0.0543. The number of carbonyl (C=O) groups is 1. The van der Waals surface area contributed by atoms with Crippen molar-refractivity contribution >= 4 is 33.5 Å². The van der Waals surface area contributed by atoms with Crippen LogP contribution in [0.4, 0.5) is 25.1 Å². The minimum atomic E-state index is -2.46. The Bertz CT molecular complexity index is 722. The lowest BCUT2D eigenvalue weighted by Gasteiger charge is -2.31. The van der Waals surface area contributed by atoms with Crippen molar-refractivity contribution in [2.45, 2.75) is 18.8 Å². The lowest BCUT2D eigenvalue weighted by atomic mass is 10.1. The number of hydrogen-bond donors (Lipinski definition) is 3. The number of alkyl halides is 2. The molecule has 1 fully saturated rings. The number of para-hydroxylation sites is 1. The van der Waals surface area contributed by atoms with Crippen LogP contribution >= 0.6 is 15.9 Å². The van der Waals surface area contributed by atoms with Crippen LogP contribution in [0.5, 0.6) is 0 Å². The zero-order chi connectivity index (χ0) is 20.4. The molecule has 9 heteroatoms. The first-order valence-electron chi connectivity index (χ1n) is 8.85. The highest BCUT2D eigenvalue weighted by molar-refractivity contribution is 9.10. The summed E-state index contributed by atoms with van der Waals surface area (Å²) in [5, 5.41) is 13.7. The Balaban J connectivity index is 0.000000237. The standard InChI is InChI=1S/C12H16BrF2N3.C7H7NO2/c13-10-1-2-11(17-9-10)16-5-8-18-6-3-12(14,15)4-7-18;9-7(10)8-6-4-2-1-3-5-6/h1-2,9H,3-8H2,(H,16,17);1-5,8H,(H,9,10). The van der Waals surface area contributed by atoms with Crippen molar-refractivity contribution in [1.29, 1.82) is 0 Å². The predicted octanol–water partition coefficient (Wildman–Crippen LogP) is 4.76. The van der Waals surface area contributed by atoms with E-state index in [1.54, 1.807) is 30.5 Å². The Morgan fingerprint density at radius 2 is 1.86 bits per heavy atom. The van der Waals surface area contributed by atoms with E-state index < -0.39 is 12.0 Å². The van der Waals surface area contributed by atoms with E-state index in [0.29, 0.717) is 18.8 Å². The van der Waals surface area contributed by atoms with Gasteiger partial charge in [0.25, 0.3) is 5.92 Å². The third-order valence-corrected chi connectivity index (χ3v) is 4.54. The smallest absolute Gasteiger partial charge is 0.409 e. The zero-order valence-corrected chi connectivity index (χ0v) is 16.8. The van der Waals surface area contributed by atoms with Crippen molar-refractivity contribution in [3.8, 4) is 0 Å². The number of piperidine rings is 1. The van der Waals surface area contributed by atoms with Gasteiger partial charge in [-0.25, -0.2) is 18.6 Å². The second-order valence-corrected chi connectivity index (χ2v) is 7.20. The van der Waals surface area contributed by atoms with Gasteiger partial charge in [0.15, 0.2) is 0 Å². The molecule has 2 aromatic rings. The second-order valence-electron chi connectivity index (χ2n) is 6.28. The summed E-state index contributed by atoms with van der Waals surface area (Å²) in [6.07, 6.45) is 0.642. The van der Waals surface area contributed by atoms with Crippen LogP contribution in [-0.2, 0) is 0 Å². The molecular formula is C19H23BrF2N4O2. The number of nitrogens with one attached hydrogen (secondary N) is 2. The summed E-state index contributed by atoms with van der Waals surface area (Å²) in [6, 6.07) is 12.5. The molecule has 1 saturated heterocycles. The van der Waals surface area contributed by atoms with Gasteiger partial charge in [0, 0.05) is 55.4 Å². The van der Waals surface area contributed by atoms with Crippen LogP contribution in [-0.4, -0.2) is 53.2 Å². The Kier molecular flexibility index (Phi) is 8.59. The summed E-state index contributed by atoms with van der Waals surface area (Å²) in [5.41, 5.74) is 0.593. The Morgan fingerprint density at radius 3 is 2.43 bits per heavy atom. The average Bonchev–Trinajstić information content (AvgIpc) is 2.66. The third-order valence-electron chi connectivity index (χ3n) is 4.07. The van der Waals surface area contributed by atoms with Crippen LogP contribution in [0.15, 0.2) is 53.1 Å². The number of rotatable bonds is 5. The SMILES string of the molecule is FC1(F)CCN(CCNc2ccc(Br)cn2)CC1.O=C(O)Nc1ccccc1. The zero-order valence-electron chi connectivity index (χ0n) is 15.2. The number of nitrogens with zero attached hydrogens (tertiary/aromatic N) is 2. The number of aromatic nitrogens is 1. The first-order valence-corrected chi connectivity index (χ1v) is 9.64. The van der Waals surface area contributed by atoms with Crippen molar-refractivity contribution in [3.63, 3.8) is 0 Å². The van der Waals surface area contributed by atoms with Gasteiger partial charge in [-0.15, -0.1) is 0 Å². The molecule has 0 radical (unpaired) electrons. The van der Waals surface area contributed by atoms with Crippen LogP contribution in [0.2, 0.25) is 0 Å². The number of benzene rings is 1. The summed E-state index contributed by atoms with van der Waals surface area (Å²) < 4.78 is 26.8. The number of halogens is 3. The van der Waals surface area contributed by atoms with Gasteiger partial charge in [0.05, 0.1) is 0 Å². The molecule has 3 N–H and O–H groups in total. The normalized spacial score (nSPS) is 15.8. The summed E-state index contributed by atoms with van der Waals surface area (Å²) in [4.78, 5) is 16.3. The van der Waals surface area contributed by atoms with Gasteiger partial charge in [-0.1, -0.05) is 18.2 Å². The molecule has 0 spiro atoms. The van der Waals surface area contributed by atoms with E-state index in [4.69, 9.17) is 5.11 Å². The van der Waals surface area contributed by atoms with E-state index in [-0.39, 0.29) is 12.8 Å². The Labute approximate surface area is 171 Å². The van der Waals surface area contributed by atoms with Gasteiger partial charge in [0.1, 0.15) is 5.82 Å². The molecule has 1 aliphatic rings. The molecule has 1 aromatic heterocycles. The topological polar surface area (TPSA) is 77.5 Å². The molecule has 1 aromatic carbocycles. The van der Waals surface area contributed by atoms with E-state index in [1.165, 1.54) is 0 Å². The number of carboxylic acid groups (broad SMARTS) is 1. The van der Waals surface area contributed by atoms with Crippen LogP contribution < -0.4 is 10.6 Å². The molecule has 0 unspecified atom stereocenters. The average molecular weight is 457 g/mol. The minimum Gasteiger partial charge on any atom is -0.465 e. The molecule has 0 aliphatic carbocycles. The van der Waals surface area contributed by atoms with Crippen LogP contribution in [0, 0.1) is 0 Å². The molecular weight excluding hydrogens is 434 g/mol. The maximum Gasteiger partial charge on any atom is 0.409 e. The fraction of sp³-hybridized carbons (Fsp3) is 0.368. The van der Waals surface area contributed by atoms with Gasteiger partial charge in [-0.05, 0) is 40.2 Å². The van der Waals surface area contributed by atoms with Crippen molar-refractivity contribution in [2.24, 2.45) is 0 Å². The molecule has 6 nitrogen and oxygen atoms in total. The van der Waals surface area contributed by atoms with Crippen molar-refractivity contribution in [1.82, 2.24) is 9.88 Å². The molecule has 0 saturated carbocycles. The molecule has 2 heterocycles. The minimum absolute atomic E-state index is 0.0243. The van der Waals surface area contributed by atoms with Gasteiger partial charge in [-0.3, -0.25) is 5.32 Å². The first-order chi connectivity index (χ1) is 13.3. The molecule has 0 bridgehead atoms. The van der Waals surface area contributed by atoms with Gasteiger partial charge in [-0.2, -0.15) is 0 Å². The molecule has 3 rings (SSSR count). The van der Waals surface area contributed by atoms with Gasteiger partial charge >= 0.3 is 6.09 Å². The number of likely N-dealkylation sites (tertiary alicyclic amines) is 1. The van der Waals surface area contributed by atoms with E-state index in [1.807, 2.05) is 18.2 Å². The quantitative estimate of drug-likeness (QED) is 0.604. The number of hydrogen-bond acceptors (Lipinski definition) is 4. The van der Waals surface area contributed by atoms with Crippen molar-refractivity contribution < 1.29 is 18.7 Å². The van der Waals surface area contributed by atoms with Crippen LogP contribution in [0.3, 0.4) is 0 Å². The largest absolute Gasteiger partial charge is 0.465 e. The van der Waals surface area contributed by atoms with Gasteiger partial charge in [0.2, 0.25) is 0 Å². The van der Waals surface area contributed by atoms with E-state index in [2.05, 4.69) is 36.4 Å². The summed E-state index contributed by atoms with van der Waals surface area (Å²) in [7, 11) is 0. The van der Waals surface area contributed by atoms with E-state index in [0.717, 1.165) is 23.4 Å². The number of pyridine rings is 1. The maximum atomic E-state index is 12.9. The number of amides is 1. The monoisotopic (exact) mass is 456 g/mol. The van der Waals surface area contributed by atoms with E-state index >= 15 is 0 Å². The highest BCUT2D eigenvalue weighted by Crippen LogP contribution is 2.27. The molecule has 152 valence electrons. The molecule has 28 heavy (non-hydrogen) atoms. The second kappa shape index (κ2) is 10.9. The summed E-state index contributed by atoms with van der Waals surface area (Å²) in [5.74, 6) is -1.66. The number of anilines is 2. The Hall–Kier alpha value is -2.26. The van der Waals surface area contributed by atoms with E-state index in [9.17, 15) is 13.6 Å². The van der Waals surface area contributed by atoms with Gasteiger partial charge < -0.3 is 15.3 Å².